The zero-order chi connectivity index (χ0) is 17.6. The van der Waals surface area contributed by atoms with Crippen LogP contribution >= 0.6 is 0 Å². The second-order valence-corrected chi connectivity index (χ2v) is 6.33. The van der Waals surface area contributed by atoms with Gasteiger partial charge in [-0.15, -0.1) is 0 Å². The van der Waals surface area contributed by atoms with E-state index >= 15 is 0 Å². The number of hydrogen-bond acceptors (Lipinski definition) is 4. The molecular formula is C19H24N2O3. The zero-order valence-corrected chi connectivity index (χ0v) is 14.3. The Labute approximate surface area is 142 Å². The summed E-state index contributed by atoms with van der Waals surface area (Å²) < 4.78 is 5.64. The minimum Gasteiger partial charge on any atom is -0.487 e. The predicted molar refractivity (Wildman–Crippen MR) is 92.8 cm³/mol. The number of nitrogens with one attached hydrogen (secondary N) is 1. The highest BCUT2D eigenvalue weighted by molar-refractivity contribution is 5.94. The lowest BCUT2D eigenvalue weighted by atomic mass is 9.92. The lowest BCUT2D eigenvalue weighted by Gasteiger charge is -2.27. The molecule has 24 heavy (non-hydrogen) atoms. The van der Waals surface area contributed by atoms with E-state index in [1.807, 2.05) is 32.0 Å². The van der Waals surface area contributed by atoms with Crippen LogP contribution in [0.2, 0.25) is 0 Å². The smallest absolute Gasteiger partial charge is 0.251 e. The minimum absolute atomic E-state index is 0.0557. The number of amides is 1. The van der Waals surface area contributed by atoms with Crippen molar-refractivity contribution < 1.29 is 14.6 Å². The number of ether oxygens (including phenoxy) is 1. The summed E-state index contributed by atoms with van der Waals surface area (Å²) in [6.45, 7) is 6.14. The van der Waals surface area contributed by atoms with Crippen LogP contribution in [-0.4, -0.2) is 28.1 Å². The van der Waals surface area contributed by atoms with Gasteiger partial charge in [0, 0.05) is 18.3 Å². The van der Waals surface area contributed by atoms with Crippen molar-refractivity contribution in [3.05, 3.63) is 59.9 Å². The lowest BCUT2D eigenvalue weighted by molar-refractivity contribution is 0.0142. The van der Waals surface area contributed by atoms with E-state index < -0.39 is 5.60 Å². The number of carbonyl (C=O) groups is 1. The Bertz CT molecular complexity index is 652. The molecule has 0 aliphatic heterocycles. The second-order valence-electron chi connectivity index (χ2n) is 6.33. The quantitative estimate of drug-likeness (QED) is 0.820. The molecule has 5 heteroatoms. The van der Waals surface area contributed by atoms with E-state index in [2.05, 4.69) is 10.3 Å². The van der Waals surface area contributed by atoms with Gasteiger partial charge in [0.1, 0.15) is 12.4 Å². The SMILES string of the molecule is CC(C)C(C)(O)CNC(=O)c1ccc(OCc2ccccn2)cc1. The summed E-state index contributed by atoms with van der Waals surface area (Å²) in [4.78, 5) is 16.3. The summed E-state index contributed by atoms with van der Waals surface area (Å²) in [5.74, 6) is 0.513. The van der Waals surface area contributed by atoms with Crippen molar-refractivity contribution in [1.82, 2.24) is 10.3 Å². The van der Waals surface area contributed by atoms with Crippen molar-refractivity contribution >= 4 is 5.91 Å². The molecule has 2 N–H and O–H groups in total. The van der Waals surface area contributed by atoms with Crippen molar-refractivity contribution in [2.75, 3.05) is 6.54 Å². The molecule has 128 valence electrons. The van der Waals surface area contributed by atoms with E-state index in [1.165, 1.54) is 0 Å². The second kappa shape index (κ2) is 7.93. The van der Waals surface area contributed by atoms with Gasteiger partial charge in [-0.2, -0.15) is 0 Å². The first-order valence-corrected chi connectivity index (χ1v) is 8.02. The molecule has 1 aromatic carbocycles. The van der Waals surface area contributed by atoms with E-state index in [0.717, 1.165) is 5.69 Å². The van der Waals surface area contributed by atoms with Gasteiger partial charge in [0.05, 0.1) is 11.3 Å². The Hall–Kier alpha value is -2.40. The van der Waals surface area contributed by atoms with Crippen molar-refractivity contribution in [1.29, 1.82) is 0 Å². The molecule has 1 heterocycles. The fourth-order valence-electron chi connectivity index (χ4n) is 1.91. The molecule has 0 saturated heterocycles. The molecule has 1 amide bonds. The molecule has 0 bridgehead atoms. The molecule has 2 rings (SSSR count). The molecule has 0 fully saturated rings. The third-order valence-electron chi connectivity index (χ3n) is 4.08. The van der Waals surface area contributed by atoms with E-state index in [9.17, 15) is 9.90 Å². The van der Waals surface area contributed by atoms with Crippen LogP contribution in [0.3, 0.4) is 0 Å². The number of rotatable bonds is 7. The number of benzene rings is 1. The minimum atomic E-state index is -0.929. The van der Waals surface area contributed by atoms with Gasteiger partial charge in [-0.05, 0) is 49.2 Å². The lowest BCUT2D eigenvalue weighted by Crippen LogP contribution is -2.44. The van der Waals surface area contributed by atoms with Crippen LogP contribution in [0, 0.1) is 5.92 Å². The zero-order valence-electron chi connectivity index (χ0n) is 14.3. The molecule has 0 radical (unpaired) electrons. The van der Waals surface area contributed by atoms with Crippen LogP contribution in [0.15, 0.2) is 48.7 Å². The number of aromatic nitrogens is 1. The summed E-state index contributed by atoms with van der Waals surface area (Å²) in [5, 5.41) is 12.9. The molecule has 0 saturated carbocycles. The van der Waals surface area contributed by atoms with Gasteiger partial charge in [0.15, 0.2) is 0 Å². The van der Waals surface area contributed by atoms with Crippen LogP contribution in [0.1, 0.15) is 36.8 Å². The van der Waals surface area contributed by atoms with Crippen LogP contribution < -0.4 is 10.1 Å². The largest absolute Gasteiger partial charge is 0.487 e. The molecule has 1 atom stereocenters. The van der Waals surface area contributed by atoms with Gasteiger partial charge in [0.25, 0.3) is 5.91 Å². The Balaban J connectivity index is 1.88. The van der Waals surface area contributed by atoms with E-state index in [1.54, 1.807) is 37.4 Å². The summed E-state index contributed by atoms with van der Waals surface area (Å²) >= 11 is 0. The molecule has 0 aliphatic rings. The molecule has 1 aromatic heterocycles. The number of pyridine rings is 1. The summed E-state index contributed by atoms with van der Waals surface area (Å²) in [5.41, 5.74) is 0.441. The van der Waals surface area contributed by atoms with Gasteiger partial charge in [-0.1, -0.05) is 19.9 Å². The van der Waals surface area contributed by atoms with Gasteiger partial charge >= 0.3 is 0 Å². The summed E-state index contributed by atoms with van der Waals surface area (Å²) in [7, 11) is 0. The van der Waals surface area contributed by atoms with Crippen LogP contribution in [0.5, 0.6) is 5.75 Å². The first-order chi connectivity index (χ1) is 11.4. The third kappa shape index (κ3) is 5.06. The Morgan fingerprint density at radius 3 is 2.54 bits per heavy atom. The number of nitrogens with zero attached hydrogens (tertiary/aromatic N) is 1. The van der Waals surface area contributed by atoms with Gasteiger partial charge < -0.3 is 15.2 Å². The fourth-order valence-corrected chi connectivity index (χ4v) is 1.91. The number of aliphatic hydroxyl groups is 1. The highest BCUT2D eigenvalue weighted by Gasteiger charge is 2.25. The molecule has 2 aromatic rings. The monoisotopic (exact) mass is 328 g/mol. The summed E-state index contributed by atoms with van der Waals surface area (Å²) in [6.07, 6.45) is 1.72. The van der Waals surface area contributed by atoms with Gasteiger partial charge in [0.2, 0.25) is 0 Å². The molecule has 1 unspecified atom stereocenters. The van der Waals surface area contributed by atoms with Crippen molar-refractivity contribution in [2.24, 2.45) is 5.92 Å². The van der Waals surface area contributed by atoms with E-state index in [4.69, 9.17) is 4.74 Å². The van der Waals surface area contributed by atoms with Crippen molar-refractivity contribution in [2.45, 2.75) is 33.0 Å². The molecule has 0 spiro atoms. The van der Waals surface area contributed by atoms with Crippen LogP contribution in [-0.2, 0) is 6.61 Å². The molecular weight excluding hydrogens is 304 g/mol. The highest BCUT2D eigenvalue weighted by Crippen LogP contribution is 2.16. The Morgan fingerprint density at radius 2 is 1.96 bits per heavy atom. The third-order valence-corrected chi connectivity index (χ3v) is 4.08. The normalized spacial score (nSPS) is 13.4. The maximum absolute atomic E-state index is 12.1. The Kier molecular flexibility index (Phi) is 5.93. The number of carbonyl (C=O) groups excluding carboxylic acids is 1. The molecule has 0 aliphatic carbocycles. The van der Waals surface area contributed by atoms with E-state index in [-0.39, 0.29) is 18.4 Å². The average molecular weight is 328 g/mol. The number of hydrogen-bond donors (Lipinski definition) is 2. The Morgan fingerprint density at radius 1 is 1.25 bits per heavy atom. The van der Waals surface area contributed by atoms with Gasteiger partial charge in [-0.3, -0.25) is 9.78 Å². The average Bonchev–Trinajstić information content (AvgIpc) is 2.59. The standard InChI is InChI=1S/C19H24N2O3/c1-14(2)19(3,23)13-21-18(22)15-7-9-17(10-8-15)24-12-16-6-4-5-11-20-16/h4-11,14,23H,12-13H2,1-3H3,(H,21,22). The molecule has 5 nitrogen and oxygen atoms in total. The van der Waals surface area contributed by atoms with E-state index in [0.29, 0.717) is 17.9 Å². The maximum Gasteiger partial charge on any atom is 0.251 e. The maximum atomic E-state index is 12.1. The van der Waals surface area contributed by atoms with Gasteiger partial charge in [-0.25, -0.2) is 0 Å². The fraction of sp³-hybridized carbons (Fsp3) is 0.368. The predicted octanol–water partition coefficient (Wildman–Crippen LogP) is 2.80. The van der Waals surface area contributed by atoms with Crippen LogP contribution in [0.25, 0.3) is 0 Å². The van der Waals surface area contributed by atoms with Crippen molar-refractivity contribution in [3.63, 3.8) is 0 Å². The van der Waals surface area contributed by atoms with Crippen molar-refractivity contribution in [3.8, 4) is 5.75 Å². The first kappa shape index (κ1) is 17.9. The first-order valence-electron chi connectivity index (χ1n) is 8.02. The topological polar surface area (TPSA) is 71.5 Å². The van der Waals surface area contributed by atoms with Crippen LogP contribution in [0.4, 0.5) is 0 Å². The summed E-state index contributed by atoms with van der Waals surface area (Å²) in [6, 6.07) is 12.6. The highest BCUT2D eigenvalue weighted by atomic mass is 16.5.